The van der Waals surface area contributed by atoms with Crippen LogP contribution >= 0.6 is 11.6 Å². The summed E-state index contributed by atoms with van der Waals surface area (Å²) in [6.07, 6.45) is 2.04. The number of aromatic nitrogens is 3. The van der Waals surface area contributed by atoms with Crippen molar-refractivity contribution in [3.63, 3.8) is 0 Å². The summed E-state index contributed by atoms with van der Waals surface area (Å²) in [5.41, 5.74) is 0.873. The van der Waals surface area contributed by atoms with E-state index in [9.17, 15) is 14.4 Å². The minimum Gasteiger partial charge on any atom is -0.449 e. The summed E-state index contributed by atoms with van der Waals surface area (Å²) in [6, 6.07) is 7.79. The fraction of sp³-hybridized carbons (Fsp3) is 0.250. The van der Waals surface area contributed by atoms with Crippen LogP contribution in [0.15, 0.2) is 41.3 Å². The lowest BCUT2D eigenvalue weighted by Crippen LogP contribution is -2.30. The summed E-state index contributed by atoms with van der Waals surface area (Å²) in [5.74, 6) is -0.508. The van der Waals surface area contributed by atoms with Gasteiger partial charge in [0.05, 0.1) is 22.2 Å². The van der Waals surface area contributed by atoms with Crippen LogP contribution in [0.25, 0.3) is 10.9 Å². The van der Waals surface area contributed by atoms with E-state index < -0.39 is 18.0 Å². The molecule has 2 aromatic heterocycles. The average Bonchev–Trinajstić information content (AvgIpc) is 3.18. The number of nitrogens with zero attached hydrogens (tertiary/aromatic N) is 3. The van der Waals surface area contributed by atoms with E-state index in [1.165, 1.54) is 25.3 Å². The summed E-state index contributed by atoms with van der Waals surface area (Å²) in [4.78, 5) is 45.6. The van der Waals surface area contributed by atoms with E-state index in [0.717, 1.165) is 12.8 Å². The Kier molecular flexibility index (Phi) is 5.02. The van der Waals surface area contributed by atoms with Crippen molar-refractivity contribution in [1.29, 1.82) is 0 Å². The van der Waals surface area contributed by atoms with Crippen LogP contribution < -0.4 is 10.9 Å². The quantitative estimate of drug-likeness (QED) is 0.521. The van der Waals surface area contributed by atoms with Crippen molar-refractivity contribution < 1.29 is 14.3 Å². The Morgan fingerprint density at radius 2 is 2.14 bits per heavy atom. The van der Waals surface area contributed by atoms with E-state index in [1.54, 1.807) is 22.8 Å². The van der Waals surface area contributed by atoms with Crippen molar-refractivity contribution >= 4 is 40.1 Å². The predicted molar refractivity (Wildman–Crippen MR) is 107 cm³/mol. The zero-order valence-electron chi connectivity index (χ0n) is 15.5. The molecule has 0 fully saturated rings. The maximum Gasteiger partial charge on any atom is 0.338 e. The van der Waals surface area contributed by atoms with E-state index in [4.69, 9.17) is 16.3 Å². The first kappa shape index (κ1) is 19.1. The third-order valence-electron chi connectivity index (χ3n) is 4.72. The highest BCUT2D eigenvalue weighted by atomic mass is 35.5. The van der Waals surface area contributed by atoms with Gasteiger partial charge >= 0.3 is 5.97 Å². The molecule has 1 amide bonds. The topological polar surface area (TPSA) is 103 Å². The number of benzene rings is 1. The second kappa shape index (κ2) is 7.63. The molecule has 1 N–H and O–H groups in total. The zero-order chi connectivity index (χ0) is 20.5. The van der Waals surface area contributed by atoms with Crippen LogP contribution in [-0.4, -0.2) is 32.5 Å². The molecule has 148 valence electrons. The minimum absolute atomic E-state index is 0.108. The second-order valence-electron chi connectivity index (χ2n) is 6.70. The molecule has 1 aromatic carbocycles. The number of amides is 1. The molecule has 3 aromatic rings. The highest BCUT2D eigenvalue weighted by Gasteiger charge is 2.21. The number of fused-ring (bicyclic) bond motifs is 2. The molecule has 29 heavy (non-hydrogen) atoms. The number of pyridine rings is 1. The molecule has 0 saturated carbocycles. The van der Waals surface area contributed by atoms with Gasteiger partial charge in [-0.15, -0.1) is 0 Å². The van der Waals surface area contributed by atoms with Gasteiger partial charge in [-0.05, 0) is 43.7 Å². The van der Waals surface area contributed by atoms with Crippen molar-refractivity contribution in [3.8, 4) is 0 Å². The number of aryl methyl sites for hydroxylation is 1. The first-order chi connectivity index (χ1) is 13.9. The van der Waals surface area contributed by atoms with Crippen LogP contribution in [0, 0.1) is 0 Å². The molecule has 1 aliphatic heterocycles. The molecule has 9 heteroatoms. The van der Waals surface area contributed by atoms with Crippen molar-refractivity contribution in [2.24, 2.45) is 0 Å². The molecule has 0 saturated heterocycles. The second-order valence-corrected chi connectivity index (χ2v) is 7.06. The molecule has 0 radical (unpaired) electrons. The third kappa shape index (κ3) is 3.71. The first-order valence-electron chi connectivity index (χ1n) is 9.10. The van der Waals surface area contributed by atoms with Gasteiger partial charge in [-0.25, -0.2) is 14.8 Å². The van der Waals surface area contributed by atoms with Crippen LogP contribution in [0.4, 0.5) is 5.69 Å². The summed E-state index contributed by atoms with van der Waals surface area (Å²) in [6.45, 7) is 2.12. The van der Waals surface area contributed by atoms with Crippen LogP contribution in [-0.2, 0) is 22.5 Å². The van der Waals surface area contributed by atoms with Crippen molar-refractivity contribution in [2.75, 3.05) is 5.32 Å². The summed E-state index contributed by atoms with van der Waals surface area (Å²) in [7, 11) is 0. The number of carbonyl (C=O) groups is 2. The number of anilines is 1. The number of hydrogen-bond donors (Lipinski definition) is 1. The molecule has 0 spiro atoms. The van der Waals surface area contributed by atoms with Crippen LogP contribution in [0.1, 0.15) is 29.5 Å². The Hall–Kier alpha value is -3.26. The number of hydrogen-bond acceptors (Lipinski definition) is 6. The third-order valence-corrected chi connectivity index (χ3v) is 5.02. The van der Waals surface area contributed by atoms with Gasteiger partial charge in [0.1, 0.15) is 5.82 Å². The van der Waals surface area contributed by atoms with Gasteiger partial charge in [-0.2, -0.15) is 0 Å². The van der Waals surface area contributed by atoms with Crippen LogP contribution in [0.2, 0.25) is 5.15 Å². The maximum atomic E-state index is 12.5. The fourth-order valence-corrected chi connectivity index (χ4v) is 3.37. The molecule has 3 heterocycles. The Balaban J connectivity index is 1.51. The minimum atomic E-state index is -1.06. The van der Waals surface area contributed by atoms with Crippen molar-refractivity contribution in [2.45, 2.75) is 32.4 Å². The lowest BCUT2D eigenvalue weighted by Gasteiger charge is -2.14. The summed E-state index contributed by atoms with van der Waals surface area (Å²) in [5, 5.41) is 3.15. The Labute approximate surface area is 170 Å². The van der Waals surface area contributed by atoms with Crippen LogP contribution in [0.3, 0.4) is 0 Å². The molecule has 0 unspecified atom stereocenters. The van der Waals surface area contributed by atoms with Crippen LogP contribution in [0.5, 0.6) is 0 Å². The Bertz CT molecular complexity index is 1190. The molecular formula is C20H17ClN4O4. The Morgan fingerprint density at radius 3 is 2.93 bits per heavy atom. The molecular weight excluding hydrogens is 396 g/mol. The smallest absolute Gasteiger partial charge is 0.338 e. The van der Waals surface area contributed by atoms with E-state index in [2.05, 4.69) is 15.3 Å². The van der Waals surface area contributed by atoms with Crippen molar-refractivity contribution in [3.05, 3.63) is 63.4 Å². The Morgan fingerprint density at radius 1 is 1.31 bits per heavy atom. The number of carbonyl (C=O) groups excluding carboxylic acids is 2. The van der Waals surface area contributed by atoms with Gasteiger partial charge in [0.15, 0.2) is 11.3 Å². The molecule has 0 aliphatic carbocycles. The van der Waals surface area contributed by atoms with E-state index in [0.29, 0.717) is 29.0 Å². The van der Waals surface area contributed by atoms with Gasteiger partial charge < -0.3 is 10.1 Å². The maximum absolute atomic E-state index is 12.5. The molecule has 1 aliphatic rings. The lowest BCUT2D eigenvalue weighted by atomic mass is 10.1. The van der Waals surface area contributed by atoms with E-state index >= 15 is 0 Å². The van der Waals surface area contributed by atoms with Gasteiger partial charge in [-0.1, -0.05) is 11.6 Å². The van der Waals surface area contributed by atoms with Crippen molar-refractivity contribution in [1.82, 2.24) is 14.5 Å². The number of halogens is 1. The van der Waals surface area contributed by atoms with E-state index in [-0.39, 0.29) is 16.3 Å². The molecule has 8 nitrogen and oxygen atoms in total. The highest BCUT2D eigenvalue weighted by Crippen LogP contribution is 2.19. The highest BCUT2D eigenvalue weighted by molar-refractivity contribution is 6.32. The van der Waals surface area contributed by atoms with Gasteiger partial charge in [-0.3, -0.25) is 14.2 Å². The summed E-state index contributed by atoms with van der Waals surface area (Å²) < 4.78 is 6.92. The number of rotatable bonds is 4. The SMILES string of the molecule is C[C@H](OC(=O)c1ccc2c(=O)n3c(nc2c1)CCC3)C(=O)Nc1cccnc1Cl. The molecule has 4 rings (SSSR count). The first-order valence-corrected chi connectivity index (χ1v) is 9.47. The molecule has 1 atom stereocenters. The normalized spacial score (nSPS) is 13.7. The lowest BCUT2D eigenvalue weighted by molar-refractivity contribution is -0.123. The monoisotopic (exact) mass is 412 g/mol. The number of ether oxygens (including phenoxy) is 1. The molecule has 0 bridgehead atoms. The average molecular weight is 413 g/mol. The predicted octanol–water partition coefficient (Wildman–Crippen LogP) is 2.58. The summed E-state index contributed by atoms with van der Waals surface area (Å²) >= 11 is 5.92. The fourth-order valence-electron chi connectivity index (χ4n) is 3.21. The van der Waals surface area contributed by atoms with Gasteiger partial charge in [0, 0.05) is 19.2 Å². The largest absolute Gasteiger partial charge is 0.449 e. The van der Waals surface area contributed by atoms with Gasteiger partial charge in [0.25, 0.3) is 11.5 Å². The standard InChI is InChI=1S/C20H17ClN4O4/c1-11(18(26)24-14-4-2-8-22-17(14)21)29-20(28)12-6-7-13-15(10-12)23-16-5-3-9-25(16)19(13)27/h2,4,6-8,10-11H,3,5,9H2,1H3,(H,24,26)/t11-/m0/s1. The number of esters is 1. The van der Waals surface area contributed by atoms with E-state index in [1.807, 2.05) is 0 Å². The zero-order valence-corrected chi connectivity index (χ0v) is 16.3. The van der Waals surface area contributed by atoms with Gasteiger partial charge in [0.2, 0.25) is 0 Å². The number of nitrogens with one attached hydrogen (secondary N) is 1.